The molecule has 1 nitrogen and oxygen atoms in total. The lowest BCUT2D eigenvalue weighted by Gasteiger charge is -2.18. The van der Waals surface area contributed by atoms with E-state index in [2.05, 4.69) is 45.0 Å². The lowest BCUT2D eigenvalue weighted by molar-refractivity contribution is 0.415. The second-order valence-electron chi connectivity index (χ2n) is 4.69. The Morgan fingerprint density at radius 2 is 1.69 bits per heavy atom. The normalized spacial score (nSPS) is 21.6. The van der Waals surface area contributed by atoms with Crippen LogP contribution in [0.25, 0.3) is 0 Å². The third-order valence-corrected chi connectivity index (χ3v) is 2.48. The summed E-state index contributed by atoms with van der Waals surface area (Å²) in [6, 6.07) is 8.77. The van der Waals surface area contributed by atoms with Gasteiger partial charge in [0.1, 0.15) is 6.10 Å². The van der Waals surface area contributed by atoms with Crippen molar-refractivity contribution in [2.45, 2.75) is 32.3 Å². The Bertz CT molecular complexity index is 288. The van der Waals surface area contributed by atoms with Crippen LogP contribution >= 0.6 is 0 Å². The lowest BCUT2D eigenvalue weighted by Crippen LogP contribution is -2.10. The van der Waals surface area contributed by atoms with E-state index in [1.54, 1.807) is 0 Å². The molecule has 1 heterocycles. The Balaban J connectivity index is 2.22. The summed E-state index contributed by atoms with van der Waals surface area (Å²) >= 11 is 0. The summed E-state index contributed by atoms with van der Waals surface area (Å²) in [6.45, 7) is 7.59. The largest absolute Gasteiger partial charge is 0.368 e. The highest BCUT2D eigenvalue weighted by molar-refractivity contribution is 5.29. The summed E-state index contributed by atoms with van der Waals surface area (Å²) in [5.74, 6) is 0. The molecule has 1 aromatic carbocycles. The number of rotatable bonds is 1. The van der Waals surface area contributed by atoms with Gasteiger partial charge in [-0.1, -0.05) is 45.0 Å². The Morgan fingerprint density at radius 3 is 2.08 bits per heavy atom. The van der Waals surface area contributed by atoms with E-state index >= 15 is 0 Å². The third-order valence-electron chi connectivity index (χ3n) is 2.48. The highest BCUT2D eigenvalue weighted by Gasteiger charge is 2.24. The van der Waals surface area contributed by atoms with Crippen LogP contribution in [-0.2, 0) is 10.2 Å². The van der Waals surface area contributed by atoms with Crippen LogP contribution in [0.4, 0.5) is 0 Å². The number of benzene rings is 1. The zero-order valence-corrected chi connectivity index (χ0v) is 8.50. The van der Waals surface area contributed by atoms with Gasteiger partial charge in [-0.3, -0.25) is 0 Å². The van der Waals surface area contributed by atoms with Gasteiger partial charge >= 0.3 is 0 Å². The first-order chi connectivity index (χ1) is 6.07. The van der Waals surface area contributed by atoms with E-state index in [0.29, 0.717) is 6.10 Å². The average molecular weight is 176 g/mol. The smallest absolute Gasteiger partial charge is 0.106 e. The van der Waals surface area contributed by atoms with Gasteiger partial charge in [-0.2, -0.15) is 0 Å². The Morgan fingerprint density at radius 1 is 1.15 bits per heavy atom. The minimum atomic E-state index is 0.253. The Kier molecular flexibility index (Phi) is 1.92. The Hall–Kier alpha value is -0.820. The van der Waals surface area contributed by atoms with Gasteiger partial charge in [0.25, 0.3) is 0 Å². The standard InChI is InChI=1S/C12H16O/c1-12(2,3)10-6-4-9(5-7-10)11-8-13-11/h4-7,11H,8H2,1-3H3/t11-/m0/s1. The lowest BCUT2D eigenvalue weighted by atomic mass is 9.86. The maximum Gasteiger partial charge on any atom is 0.106 e. The van der Waals surface area contributed by atoms with Crippen molar-refractivity contribution >= 4 is 0 Å². The van der Waals surface area contributed by atoms with Gasteiger partial charge in [0, 0.05) is 0 Å². The minimum Gasteiger partial charge on any atom is -0.368 e. The molecule has 1 saturated heterocycles. The summed E-state index contributed by atoms with van der Waals surface area (Å²) < 4.78 is 5.22. The molecule has 0 saturated carbocycles. The molecule has 0 aliphatic carbocycles. The Labute approximate surface area is 79.7 Å². The topological polar surface area (TPSA) is 12.5 Å². The first kappa shape index (κ1) is 8.76. The summed E-state index contributed by atoms with van der Waals surface area (Å²) in [5.41, 5.74) is 2.95. The first-order valence-electron chi connectivity index (χ1n) is 4.79. The van der Waals surface area contributed by atoms with Crippen molar-refractivity contribution in [3.8, 4) is 0 Å². The van der Waals surface area contributed by atoms with Crippen molar-refractivity contribution in [1.29, 1.82) is 0 Å². The molecule has 13 heavy (non-hydrogen) atoms. The molecule has 0 bridgehead atoms. The monoisotopic (exact) mass is 176 g/mol. The maximum atomic E-state index is 5.22. The molecular formula is C12H16O. The molecule has 0 amide bonds. The van der Waals surface area contributed by atoms with Crippen molar-refractivity contribution in [2.24, 2.45) is 0 Å². The fourth-order valence-corrected chi connectivity index (χ4v) is 1.44. The van der Waals surface area contributed by atoms with Gasteiger partial charge in [-0.15, -0.1) is 0 Å². The molecule has 1 atom stereocenters. The van der Waals surface area contributed by atoms with Crippen LogP contribution < -0.4 is 0 Å². The van der Waals surface area contributed by atoms with Crippen molar-refractivity contribution in [2.75, 3.05) is 6.61 Å². The van der Waals surface area contributed by atoms with E-state index in [0.717, 1.165) is 6.61 Å². The summed E-state index contributed by atoms with van der Waals surface area (Å²) in [7, 11) is 0. The number of hydrogen-bond acceptors (Lipinski definition) is 1. The van der Waals surface area contributed by atoms with E-state index in [4.69, 9.17) is 4.74 Å². The molecule has 2 rings (SSSR count). The van der Waals surface area contributed by atoms with Crippen LogP contribution in [-0.4, -0.2) is 6.61 Å². The third kappa shape index (κ3) is 1.92. The highest BCUT2D eigenvalue weighted by atomic mass is 16.6. The molecule has 1 fully saturated rings. The summed E-state index contributed by atoms with van der Waals surface area (Å²) in [6.07, 6.45) is 0.383. The molecule has 1 heteroatoms. The van der Waals surface area contributed by atoms with Gasteiger partial charge in [-0.25, -0.2) is 0 Å². The van der Waals surface area contributed by atoms with E-state index in [1.165, 1.54) is 11.1 Å². The second-order valence-corrected chi connectivity index (χ2v) is 4.69. The number of ether oxygens (including phenoxy) is 1. The highest BCUT2D eigenvalue weighted by Crippen LogP contribution is 2.31. The van der Waals surface area contributed by atoms with E-state index in [-0.39, 0.29) is 5.41 Å². The fraction of sp³-hybridized carbons (Fsp3) is 0.500. The molecule has 0 N–H and O–H groups in total. The minimum absolute atomic E-state index is 0.253. The predicted octanol–water partition coefficient (Wildman–Crippen LogP) is 3.06. The fourth-order valence-electron chi connectivity index (χ4n) is 1.44. The van der Waals surface area contributed by atoms with Gasteiger partial charge in [0.2, 0.25) is 0 Å². The van der Waals surface area contributed by atoms with Crippen molar-refractivity contribution < 1.29 is 4.74 Å². The van der Waals surface area contributed by atoms with Crippen LogP contribution in [0.1, 0.15) is 38.0 Å². The summed E-state index contributed by atoms with van der Waals surface area (Å²) in [4.78, 5) is 0. The van der Waals surface area contributed by atoms with E-state index in [9.17, 15) is 0 Å². The van der Waals surface area contributed by atoms with Gasteiger partial charge in [0.15, 0.2) is 0 Å². The molecule has 1 aliphatic rings. The summed E-state index contributed by atoms with van der Waals surface area (Å²) in [5, 5.41) is 0. The first-order valence-corrected chi connectivity index (χ1v) is 4.79. The van der Waals surface area contributed by atoms with Crippen LogP contribution in [0.2, 0.25) is 0 Å². The van der Waals surface area contributed by atoms with E-state index in [1.807, 2.05) is 0 Å². The SMILES string of the molecule is CC(C)(C)c1ccc([C@@H]2CO2)cc1. The average Bonchev–Trinajstić information content (AvgIpc) is 2.85. The molecule has 0 unspecified atom stereocenters. The van der Waals surface area contributed by atoms with Crippen molar-refractivity contribution in [3.05, 3.63) is 35.4 Å². The van der Waals surface area contributed by atoms with Crippen LogP contribution in [0.5, 0.6) is 0 Å². The van der Waals surface area contributed by atoms with Crippen LogP contribution in [0.3, 0.4) is 0 Å². The van der Waals surface area contributed by atoms with Crippen LogP contribution in [0.15, 0.2) is 24.3 Å². The molecule has 0 aromatic heterocycles. The number of hydrogen-bond donors (Lipinski definition) is 0. The second kappa shape index (κ2) is 2.85. The molecule has 0 radical (unpaired) electrons. The number of epoxide rings is 1. The molecule has 0 spiro atoms. The molecule has 1 aromatic rings. The predicted molar refractivity (Wildman–Crippen MR) is 53.8 cm³/mol. The van der Waals surface area contributed by atoms with Crippen molar-refractivity contribution in [3.63, 3.8) is 0 Å². The van der Waals surface area contributed by atoms with Gasteiger partial charge < -0.3 is 4.74 Å². The van der Waals surface area contributed by atoms with Gasteiger partial charge in [0.05, 0.1) is 6.61 Å². The molecule has 70 valence electrons. The quantitative estimate of drug-likeness (QED) is 0.599. The molecular weight excluding hydrogens is 160 g/mol. The molecule has 1 aliphatic heterocycles. The van der Waals surface area contributed by atoms with Crippen molar-refractivity contribution in [1.82, 2.24) is 0 Å². The van der Waals surface area contributed by atoms with E-state index < -0.39 is 0 Å². The van der Waals surface area contributed by atoms with Gasteiger partial charge in [-0.05, 0) is 16.5 Å². The zero-order valence-electron chi connectivity index (χ0n) is 8.50. The maximum absolute atomic E-state index is 5.22. The van der Waals surface area contributed by atoms with Crippen LogP contribution in [0, 0.1) is 0 Å². The zero-order chi connectivity index (χ0) is 9.47.